The second kappa shape index (κ2) is 7.94. The van der Waals surface area contributed by atoms with Crippen LogP contribution in [-0.2, 0) is 15.9 Å². The molecular weight excluding hydrogens is 338 g/mol. The summed E-state index contributed by atoms with van der Waals surface area (Å²) in [7, 11) is 1.50. The standard InChI is InChI=1S/C18H19N3O3S/c1-23-17(25)20-11-16-12-21(18(22)24-16)15-4-2-13(3-5-15)10-14-6-8-19-9-7-14/h2-9,16H,10-12H2,1H3,(H,20,25). The number of methoxy groups -OCH3 is 1. The van der Waals surface area contributed by atoms with Crippen molar-refractivity contribution in [2.75, 3.05) is 25.1 Å². The maximum Gasteiger partial charge on any atom is 0.414 e. The zero-order valence-electron chi connectivity index (χ0n) is 13.8. The van der Waals surface area contributed by atoms with Crippen molar-refractivity contribution < 1.29 is 14.3 Å². The van der Waals surface area contributed by atoms with Crippen LogP contribution in [0.1, 0.15) is 11.1 Å². The molecule has 1 atom stereocenters. The molecule has 3 rings (SSSR count). The van der Waals surface area contributed by atoms with Gasteiger partial charge in [-0.1, -0.05) is 12.1 Å². The fraction of sp³-hybridized carbons (Fsp3) is 0.278. The zero-order chi connectivity index (χ0) is 17.6. The second-order valence-electron chi connectivity index (χ2n) is 5.69. The summed E-state index contributed by atoms with van der Waals surface area (Å²) in [5, 5.41) is 3.19. The summed E-state index contributed by atoms with van der Waals surface area (Å²) in [5.41, 5.74) is 3.19. The summed E-state index contributed by atoms with van der Waals surface area (Å²) in [6, 6.07) is 11.9. The van der Waals surface area contributed by atoms with E-state index in [1.165, 1.54) is 18.2 Å². The van der Waals surface area contributed by atoms with Crippen LogP contribution in [0.3, 0.4) is 0 Å². The number of ether oxygens (including phenoxy) is 2. The molecule has 1 amide bonds. The van der Waals surface area contributed by atoms with E-state index in [1.807, 2.05) is 36.4 Å². The third-order valence-electron chi connectivity index (χ3n) is 3.94. The number of anilines is 1. The zero-order valence-corrected chi connectivity index (χ0v) is 14.7. The molecule has 1 fully saturated rings. The van der Waals surface area contributed by atoms with Gasteiger partial charge in [0.15, 0.2) is 0 Å². The van der Waals surface area contributed by atoms with E-state index < -0.39 is 0 Å². The molecule has 130 valence electrons. The number of benzene rings is 1. The third kappa shape index (κ3) is 4.45. The van der Waals surface area contributed by atoms with E-state index in [1.54, 1.807) is 17.3 Å². The summed E-state index contributed by atoms with van der Waals surface area (Å²) in [5.74, 6) is 0. The second-order valence-corrected chi connectivity index (χ2v) is 6.06. The van der Waals surface area contributed by atoms with Crippen LogP contribution in [0, 0.1) is 0 Å². The van der Waals surface area contributed by atoms with Gasteiger partial charge in [-0.05, 0) is 54.0 Å². The van der Waals surface area contributed by atoms with E-state index in [0.29, 0.717) is 13.1 Å². The van der Waals surface area contributed by atoms with E-state index in [-0.39, 0.29) is 17.4 Å². The molecule has 1 aliphatic heterocycles. The monoisotopic (exact) mass is 357 g/mol. The molecule has 7 heteroatoms. The maximum atomic E-state index is 12.1. The fourth-order valence-electron chi connectivity index (χ4n) is 2.64. The molecule has 1 aromatic heterocycles. The van der Waals surface area contributed by atoms with Gasteiger partial charge in [0, 0.05) is 18.1 Å². The van der Waals surface area contributed by atoms with Gasteiger partial charge in [-0.15, -0.1) is 0 Å². The Morgan fingerprint density at radius 2 is 1.96 bits per heavy atom. The minimum Gasteiger partial charge on any atom is -0.474 e. The van der Waals surface area contributed by atoms with Crippen molar-refractivity contribution in [2.45, 2.75) is 12.5 Å². The first-order valence-electron chi connectivity index (χ1n) is 7.93. The number of carbonyl (C=O) groups is 1. The topological polar surface area (TPSA) is 63.7 Å². The van der Waals surface area contributed by atoms with Gasteiger partial charge in [-0.25, -0.2) is 4.79 Å². The number of nitrogens with one attached hydrogen (secondary N) is 1. The Kier molecular flexibility index (Phi) is 5.45. The number of carbonyl (C=O) groups excluding carboxylic acids is 1. The Morgan fingerprint density at radius 1 is 1.28 bits per heavy atom. The minimum absolute atomic E-state index is 0.267. The van der Waals surface area contributed by atoms with Gasteiger partial charge >= 0.3 is 6.09 Å². The molecule has 25 heavy (non-hydrogen) atoms. The van der Waals surface area contributed by atoms with E-state index in [0.717, 1.165) is 12.1 Å². The lowest BCUT2D eigenvalue weighted by atomic mass is 10.1. The number of aromatic nitrogens is 1. The molecule has 6 nitrogen and oxygen atoms in total. The Balaban J connectivity index is 1.60. The lowest BCUT2D eigenvalue weighted by molar-refractivity contribution is 0.142. The number of nitrogens with zero attached hydrogens (tertiary/aromatic N) is 2. The van der Waals surface area contributed by atoms with Crippen molar-refractivity contribution in [3.8, 4) is 0 Å². The maximum absolute atomic E-state index is 12.1. The minimum atomic E-state index is -0.350. The van der Waals surface area contributed by atoms with Crippen LogP contribution in [-0.4, -0.2) is 42.6 Å². The Bertz CT molecular complexity index is 737. The van der Waals surface area contributed by atoms with Crippen LogP contribution in [0.4, 0.5) is 10.5 Å². The summed E-state index contributed by atoms with van der Waals surface area (Å²) in [4.78, 5) is 17.7. The highest BCUT2D eigenvalue weighted by atomic mass is 32.1. The van der Waals surface area contributed by atoms with E-state index >= 15 is 0 Å². The molecule has 0 saturated carbocycles. The summed E-state index contributed by atoms with van der Waals surface area (Å²) < 4.78 is 10.2. The first kappa shape index (κ1) is 17.2. The van der Waals surface area contributed by atoms with Crippen LogP contribution in [0.25, 0.3) is 0 Å². The Hall–Kier alpha value is -2.67. The van der Waals surface area contributed by atoms with Crippen LogP contribution in [0.15, 0.2) is 48.8 Å². The van der Waals surface area contributed by atoms with Gasteiger partial charge < -0.3 is 14.8 Å². The highest BCUT2D eigenvalue weighted by Gasteiger charge is 2.32. The summed E-state index contributed by atoms with van der Waals surface area (Å²) >= 11 is 4.92. The molecule has 1 aromatic carbocycles. The van der Waals surface area contributed by atoms with Gasteiger partial charge in [-0.3, -0.25) is 9.88 Å². The summed E-state index contributed by atoms with van der Waals surface area (Å²) in [6.45, 7) is 0.900. The average molecular weight is 357 g/mol. The Labute approximate surface area is 151 Å². The lowest BCUT2D eigenvalue weighted by Crippen LogP contribution is -2.34. The lowest BCUT2D eigenvalue weighted by Gasteiger charge is -2.14. The molecule has 2 aromatic rings. The van der Waals surface area contributed by atoms with Crippen LogP contribution in [0.5, 0.6) is 0 Å². The molecule has 0 radical (unpaired) electrons. The van der Waals surface area contributed by atoms with Crippen LogP contribution < -0.4 is 10.2 Å². The van der Waals surface area contributed by atoms with E-state index in [2.05, 4.69) is 10.3 Å². The van der Waals surface area contributed by atoms with Gasteiger partial charge in [0.25, 0.3) is 5.17 Å². The smallest absolute Gasteiger partial charge is 0.414 e. The van der Waals surface area contributed by atoms with Gasteiger partial charge in [0.05, 0.1) is 20.2 Å². The van der Waals surface area contributed by atoms with Crippen LogP contribution in [0.2, 0.25) is 0 Å². The number of thiocarbonyl (C=S) groups is 1. The quantitative estimate of drug-likeness (QED) is 0.830. The largest absolute Gasteiger partial charge is 0.474 e. The third-order valence-corrected chi connectivity index (χ3v) is 4.25. The SMILES string of the molecule is COC(=S)NCC1CN(c2ccc(Cc3ccncc3)cc2)C(=O)O1. The van der Waals surface area contributed by atoms with Gasteiger partial charge in [-0.2, -0.15) is 0 Å². The van der Waals surface area contributed by atoms with Crippen molar-refractivity contribution >= 4 is 29.2 Å². The molecule has 1 saturated heterocycles. The molecular formula is C18H19N3O3S. The number of hydrogen-bond acceptors (Lipinski definition) is 5. The van der Waals surface area contributed by atoms with Gasteiger partial charge in [0.2, 0.25) is 0 Å². The summed E-state index contributed by atoms with van der Waals surface area (Å²) in [6.07, 6.45) is 3.78. The number of cyclic esters (lactones) is 1. The molecule has 1 unspecified atom stereocenters. The molecule has 1 N–H and O–H groups in total. The Morgan fingerprint density at radius 3 is 2.64 bits per heavy atom. The predicted molar refractivity (Wildman–Crippen MR) is 98.7 cm³/mol. The van der Waals surface area contributed by atoms with Crippen molar-refractivity contribution in [3.05, 3.63) is 59.9 Å². The van der Waals surface area contributed by atoms with Crippen molar-refractivity contribution in [2.24, 2.45) is 0 Å². The molecule has 1 aliphatic rings. The highest BCUT2D eigenvalue weighted by Crippen LogP contribution is 2.22. The number of rotatable bonds is 5. The van der Waals surface area contributed by atoms with Crippen molar-refractivity contribution in [1.29, 1.82) is 0 Å². The molecule has 2 heterocycles. The molecule has 0 bridgehead atoms. The van der Waals surface area contributed by atoms with E-state index in [4.69, 9.17) is 21.7 Å². The first-order chi connectivity index (χ1) is 12.2. The van der Waals surface area contributed by atoms with Gasteiger partial charge in [0.1, 0.15) is 6.10 Å². The van der Waals surface area contributed by atoms with E-state index in [9.17, 15) is 4.79 Å². The highest BCUT2D eigenvalue weighted by molar-refractivity contribution is 7.80. The van der Waals surface area contributed by atoms with Crippen LogP contribution >= 0.6 is 12.2 Å². The first-order valence-corrected chi connectivity index (χ1v) is 8.34. The number of hydrogen-bond donors (Lipinski definition) is 1. The fourth-order valence-corrected chi connectivity index (χ4v) is 2.72. The number of amides is 1. The average Bonchev–Trinajstić information content (AvgIpc) is 3.02. The van der Waals surface area contributed by atoms with Crippen molar-refractivity contribution in [1.82, 2.24) is 10.3 Å². The molecule has 0 aliphatic carbocycles. The molecule has 0 spiro atoms. The number of pyridine rings is 1. The normalized spacial score (nSPS) is 16.4. The van der Waals surface area contributed by atoms with Crippen molar-refractivity contribution in [3.63, 3.8) is 0 Å². The predicted octanol–water partition coefficient (Wildman–Crippen LogP) is 2.52.